The lowest BCUT2D eigenvalue weighted by molar-refractivity contribution is -0.141. The molecule has 4 rings (SSSR count). The highest BCUT2D eigenvalue weighted by atomic mass is 35.5. The summed E-state index contributed by atoms with van der Waals surface area (Å²) in [6.45, 7) is 2.33. The maximum Gasteiger partial charge on any atom is 0.306 e. The number of hydrogen-bond acceptors (Lipinski definition) is 4. The second-order valence-electron chi connectivity index (χ2n) is 7.25. The molecule has 2 heterocycles. The number of fused-ring (bicyclic) bond motifs is 3. The van der Waals surface area contributed by atoms with Crippen molar-refractivity contribution in [1.29, 1.82) is 0 Å². The van der Waals surface area contributed by atoms with Gasteiger partial charge in [0, 0.05) is 38.4 Å². The fourth-order valence-corrected chi connectivity index (χ4v) is 5.40. The van der Waals surface area contributed by atoms with Crippen molar-refractivity contribution in [1.82, 2.24) is 4.57 Å². The van der Waals surface area contributed by atoms with E-state index in [1.54, 1.807) is 18.7 Å². The van der Waals surface area contributed by atoms with Crippen LogP contribution in [0.4, 0.5) is 4.39 Å². The van der Waals surface area contributed by atoms with E-state index in [0.29, 0.717) is 17.1 Å². The summed E-state index contributed by atoms with van der Waals surface area (Å²) in [5, 5.41) is 11.8. The smallest absolute Gasteiger partial charge is 0.306 e. The SMILES string of the molecule is COC(=O)CC1CCn2c1c(Sc1ccc(Cl)cc1)c1c(C(C)O)cc(F)cc12. The van der Waals surface area contributed by atoms with Gasteiger partial charge in [-0.05, 0) is 55.3 Å². The maximum absolute atomic E-state index is 14.3. The zero-order valence-corrected chi connectivity index (χ0v) is 17.7. The Morgan fingerprint density at radius 1 is 1.38 bits per heavy atom. The van der Waals surface area contributed by atoms with E-state index in [-0.39, 0.29) is 24.1 Å². The topological polar surface area (TPSA) is 51.5 Å². The third-order valence-corrected chi connectivity index (χ3v) is 6.74. The summed E-state index contributed by atoms with van der Waals surface area (Å²) >= 11 is 7.57. The number of aromatic nitrogens is 1. The molecule has 0 radical (unpaired) electrons. The van der Waals surface area contributed by atoms with E-state index in [0.717, 1.165) is 32.8 Å². The molecule has 2 aromatic carbocycles. The molecule has 0 saturated heterocycles. The van der Waals surface area contributed by atoms with Crippen LogP contribution in [0, 0.1) is 5.82 Å². The second-order valence-corrected chi connectivity index (χ2v) is 8.77. The summed E-state index contributed by atoms with van der Waals surface area (Å²) in [7, 11) is 1.39. The van der Waals surface area contributed by atoms with Gasteiger partial charge >= 0.3 is 5.97 Å². The molecular weight excluding hydrogens is 413 g/mol. The van der Waals surface area contributed by atoms with E-state index in [1.165, 1.54) is 19.2 Å². The molecule has 2 atom stereocenters. The van der Waals surface area contributed by atoms with Gasteiger partial charge in [0.15, 0.2) is 0 Å². The van der Waals surface area contributed by atoms with Crippen molar-refractivity contribution in [2.45, 2.75) is 48.1 Å². The summed E-state index contributed by atoms with van der Waals surface area (Å²) in [5.74, 6) is -0.666. The van der Waals surface area contributed by atoms with Gasteiger partial charge < -0.3 is 14.4 Å². The first-order valence-corrected chi connectivity index (χ1v) is 10.6. The number of benzene rings is 2. The van der Waals surface area contributed by atoms with Crippen molar-refractivity contribution in [2.24, 2.45) is 0 Å². The summed E-state index contributed by atoms with van der Waals surface area (Å²) in [4.78, 5) is 13.9. The molecule has 1 aliphatic rings. The van der Waals surface area contributed by atoms with Crippen LogP contribution in [-0.4, -0.2) is 22.8 Å². The quantitative estimate of drug-likeness (QED) is 0.525. The van der Waals surface area contributed by atoms with Crippen LogP contribution in [0.3, 0.4) is 0 Å². The van der Waals surface area contributed by atoms with Crippen molar-refractivity contribution in [3.63, 3.8) is 0 Å². The molecule has 2 unspecified atom stereocenters. The van der Waals surface area contributed by atoms with E-state index in [4.69, 9.17) is 16.3 Å². The Bertz CT molecular complexity index is 1080. The fraction of sp³-hybridized carbons (Fsp3) is 0.318. The highest BCUT2D eigenvalue weighted by Crippen LogP contribution is 2.48. The molecular formula is C22H21ClFNO3S. The number of aryl methyl sites for hydroxylation is 1. The van der Waals surface area contributed by atoms with Crippen molar-refractivity contribution in [3.05, 3.63) is 58.5 Å². The number of aliphatic hydroxyl groups is 1. The van der Waals surface area contributed by atoms with Crippen LogP contribution in [0.5, 0.6) is 0 Å². The fourth-order valence-electron chi connectivity index (χ4n) is 4.06. The predicted molar refractivity (Wildman–Crippen MR) is 112 cm³/mol. The summed E-state index contributed by atoms with van der Waals surface area (Å²) in [6, 6.07) is 10.4. The van der Waals surface area contributed by atoms with Crippen LogP contribution in [0.25, 0.3) is 10.9 Å². The Morgan fingerprint density at radius 2 is 2.10 bits per heavy atom. The lowest BCUT2D eigenvalue weighted by atomic mass is 9.98. The van der Waals surface area contributed by atoms with Crippen molar-refractivity contribution < 1.29 is 19.0 Å². The first kappa shape index (κ1) is 20.3. The Labute approximate surface area is 177 Å². The number of methoxy groups -OCH3 is 1. The highest BCUT2D eigenvalue weighted by molar-refractivity contribution is 7.99. The number of rotatable bonds is 5. The number of ether oxygens (including phenoxy) is 1. The number of carbonyl (C=O) groups is 1. The summed E-state index contributed by atoms with van der Waals surface area (Å²) < 4.78 is 21.3. The first-order valence-electron chi connectivity index (χ1n) is 9.43. The molecule has 0 bridgehead atoms. The average Bonchev–Trinajstić information content (AvgIpc) is 3.22. The molecule has 1 aliphatic heterocycles. The van der Waals surface area contributed by atoms with E-state index in [2.05, 4.69) is 4.57 Å². The summed E-state index contributed by atoms with van der Waals surface area (Å²) in [5.41, 5.74) is 2.30. The van der Waals surface area contributed by atoms with Gasteiger partial charge in [0.2, 0.25) is 0 Å². The molecule has 0 fully saturated rings. The van der Waals surface area contributed by atoms with E-state index in [9.17, 15) is 14.3 Å². The van der Waals surface area contributed by atoms with Gasteiger partial charge in [0.25, 0.3) is 0 Å². The van der Waals surface area contributed by atoms with Gasteiger partial charge in [-0.15, -0.1) is 0 Å². The number of aliphatic hydroxyl groups excluding tert-OH is 1. The number of esters is 1. The van der Waals surface area contributed by atoms with E-state index >= 15 is 0 Å². The third-order valence-electron chi connectivity index (χ3n) is 5.37. The Morgan fingerprint density at radius 3 is 2.76 bits per heavy atom. The number of halogens is 2. The molecule has 7 heteroatoms. The van der Waals surface area contributed by atoms with E-state index < -0.39 is 6.10 Å². The highest BCUT2D eigenvalue weighted by Gasteiger charge is 2.33. The van der Waals surface area contributed by atoms with Gasteiger partial charge in [-0.25, -0.2) is 4.39 Å². The zero-order chi connectivity index (χ0) is 20.7. The minimum Gasteiger partial charge on any atom is -0.469 e. The maximum atomic E-state index is 14.3. The zero-order valence-electron chi connectivity index (χ0n) is 16.1. The van der Waals surface area contributed by atoms with Gasteiger partial charge in [-0.3, -0.25) is 4.79 Å². The van der Waals surface area contributed by atoms with Crippen LogP contribution in [0.15, 0.2) is 46.2 Å². The Kier molecular flexibility index (Phi) is 5.60. The minimum absolute atomic E-state index is 0.0189. The van der Waals surface area contributed by atoms with Crippen LogP contribution in [0.2, 0.25) is 5.02 Å². The number of carbonyl (C=O) groups excluding carboxylic acids is 1. The molecule has 0 saturated carbocycles. The molecule has 3 aromatic rings. The van der Waals surface area contributed by atoms with Crippen LogP contribution < -0.4 is 0 Å². The minimum atomic E-state index is -0.819. The normalized spacial score (nSPS) is 16.8. The number of nitrogens with zero attached hydrogens (tertiary/aromatic N) is 1. The van der Waals surface area contributed by atoms with Crippen molar-refractivity contribution >= 4 is 40.2 Å². The molecule has 29 heavy (non-hydrogen) atoms. The predicted octanol–water partition coefficient (Wildman–Crippen LogP) is 5.69. The van der Waals surface area contributed by atoms with E-state index in [1.807, 2.05) is 24.3 Å². The van der Waals surface area contributed by atoms with Gasteiger partial charge in [0.05, 0.1) is 25.2 Å². The summed E-state index contributed by atoms with van der Waals surface area (Å²) in [6.07, 6.45) is 0.239. The molecule has 152 valence electrons. The first-order chi connectivity index (χ1) is 13.9. The molecule has 0 aliphatic carbocycles. The lowest BCUT2D eigenvalue weighted by Crippen LogP contribution is -2.07. The van der Waals surface area contributed by atoms with Gasteiger partial charge in [0.1, 0.15) is 5.82 Å². The van der Waals surface area contributed by atoms with Crippen LogP contribution >= 0.6 is 23.4 Å². The lowest BCUT2D eigenvalue weighted by Gasteiger charge is -2.13. The van der Waals surface area contributed by atoms with Crippen LogP contribution in [-0.2, 0) is 16.1 Å². The third kappa shape index (κ3) is 3.77. The molecule has 1 N–H and O–H groups in total. The molecule has 0 spiro atoms. The molecule has 4 nitrogen and oxygen atoms in total. The second kappa shape index (κ2) is 8.01. The van der Waals surface area contributed by atoms with Crippen LogP contribution in [0.1, 0.15) is 43.0 Å². The Hall–Kier alpha value is -2.02. The van der Waals surface area contributed by atoms with Crippen molar-refractivity contribution in [2.75, 3.05) is 7.11 Å². The molecule has 0 amide bonds. The molecule has 1 aromatic heterocycles. The van der Waals surface area contributed by atoms with Crippen molar-refractivity contribution in [3.8, 4) is 0 Å². The average molecular weight is 434 g/mol. The van der Waals surface area contributed by atoms with Gasteiger partial charge in [-0.2, -0.15) is 0 Å². The largest absolute Gasteiger partial charge is 0.469 e. The number of hydrogen-bond donors (Lipinski definition) is 1. The van der Waals surface area contributed by atoms with Gasteiger partial charge in [-0.1, -0.05) is 23.4 Å². The monoisotopic (exact) mass is 433 g/mol. The standard InChI is InChI=1S/C22H21ClFNO3S/c1-12(26)17-10-15(24)11-18-20(17)22(29-16-5-3-14(23)4-6-16)21-13(7-8-25(18)21)9-19(27)28-2/h3-6,10-13,26H,7-9H2,1-2H3. The Balaban J connectivity index is 1.93.